The predicted molar refractivity (Wildman–Crippen MR) is 76.4 cm³/mol. The Balaban J connectivity index is 2.45. The quantitative estimate of drug-likeness (QED) is 0.645. The fourth-order valence-electron chi connectivity index (χ4n) is 1.80. The second kappa shape index (κ2) is 7.62. The molecule has 0 aliphatic rings. The van der Waals surface area contributed by atoms with Crippen molar-refractivity contribution in [2.45, 2.75) is 33.2 Å². The number of hydrogen-bond acceptors (Lipinski definition) is 4. The summed E-state index contributed by atoms with van der Waals surface area (Å²) in [6.45, 7) is 5.70. The molecule has 1 heterocycles. The lowest BCUT2D eigenvalue weighted by Crippen LogP contribution is -2.32. The second-order valence-corrected chi connectivity index (χ2v) is 6.44. The Morgan fingerprint density at radius 2 is 2.05 bits per heavy atom. The van der Waals surface area contributed by atoms with E-state index < -0.39 is 10.0 Å². The minimum Gasteiger partial charge on any atom is -0.316 e. The maximum Gasteiger partial charge on any atom is 0.213 e. The maximum absolute atomic E-state index is 11.8. The first-order chi connectivity index (χ1) is 8.98. The third-order valence-corrected chi connectivity index (χ3v) is 4.11. The summed E-state index contributed by atoms with van der Waals surface area (Å²) in [5.41, 5.74) is 1.88. The summed E-state index contributed by atoms with van der Waals surface area (Å²) in [5.74, 6) is 0.106. The van der Waals surface area contributed by atoms with Crippen LogP contribution in [0.15, 0.2) is 6.20 Å². The summed E-state index contributed by atoms with van der Waals surface area (Å²) in [5, 5.41) is 7.37. The van der Waals surface area contributed by atoms with Crippen molar-refractivity contribution in [2.75, 3.05) is 18.8 Å². The molecule has 0 radical (unpaired) electrons. The molecule has 0 amide bonds. The van der Waals surface area contributed by atoms with Crippen molar-refractivity contribution in [3.05, 3.63) is 17.5 Å². The van der Waals surface area contributed by atoms with E-state index in [9.17, 15) is 8.42 Å². The van der Waals surface area contributed by atoms with Gasteiger partial charge in [-0.05, 0) is 19.4 Å². The van der Waals surface area contributed by atoms with E-state index in [-0.39, 0.29) is 5.75 Å². The number of aromatic nitrogens is 2. The molecule has 0 bridgehead atoms. The number of aryl methyl sites for hydroxylation is 2. The Morgan fingerprint density at radius 3 is 2.68 bits per heavy atom. The van der Waals surface area contributed by atoms with Gasteiger partial charge in [0.1, 0.15) is 0 Å². The number of rotatable bonds is 9. The summed E-state index contributed by atoms with van der Waals surface area (Å²) < 4.78 is 27.9. The molecule has 0 aliphatic carbocycles. The van der Waals surface area contributed by atoms with Crippen LogP contribution >= 0.6 is 0 Å². The number of nitrogens with one attached hydrogen (secondary N) is 2. The van der Waals surface area contributed by atoms with Gasteiger partial charge in [-0.2, -0.15) is 5.10 Å². The highest BCUT2D eigenvalue weighted by atomic mass is 32.2. The van der Waals surface area contributed by atoms with E-state index in [1.165, 1.54) is 0 Å². The van der Waals surface area contributed by atoms with Crippen molar-refractivity contribution in [1.82, 2.24) is 19.8 Å². The monoisotopic (exact) mass is 288 g/mol. The van der Waals surface area contributed by atoms with E-state index in [0.29, 0.717) is 13.1 Å². The van der Waals surface area contributed by atoms with Crippen molar-refractivity contribution >= 4 is 10.0 Å². The highest BCUT2D eigenvalue weighted by Crippen LogP contribution is 2.07. The normalized spacial score (nSPS) is 11.9. The highest BCUT2D eigenvalue weighted by Gasteiger charge is 2.12. The lowest BCUT2D eigenvalue weighted by Gasteiger charge is -2.07. The Bertz CT molecular complexity index is 482. The van der Waals surface area contributed by atoms with Crippen molar-refractivity contribution in [3.63, 3.8) is 0 Å². The molecular formula is C12H24N4O2S. The summed E-state index contributed by atoms with van der Waals surface area (Å²) >= 11 is 0. The molecule has 19 heavy (non-hydrogen) atoms. The highest BCUT2D eigenvalue weighted by molar-refractivity contribution is 7.89. The zero-order valence-electron chi connectivity index (χ0n) is 11.9. The van der Waals surface area contributed by atoms with Gasteiger partial charge in [0.2, 0.25) is 10.0 Å². The summed E-state index contributed by atoms with van der Waals surface area (Å²) in [6.07, 6.45) is 3.66. The predicted octanol–water partition coefficient (Wildman–Crippen LogP) is 0.402. The minimum absolute atomic E-state index is 0.106. The molecular weight excluding hydrogens is 264 g/mol. The zero-order valence-corrected chi connectivity index (χ0v) is 12.8. The van der Waals surface area contributed by atoms with Crippen LogP contribution in [0.5, 0.6) is 0 Å². The Labute approximate surface area is 115 Å². The Morgan fingerprint density at radius 1 is 1.32 bits per heavy atom. The van der Waals surface area contributed by atoms with E-state index >= 15 is 0 Å². The van der Waals surface area contributed by atoms with Crippen LogP contribution in [0.3, 0.4) is 0 Å². The molecule has 0 aromatic carbocycles. The van der Waals surface area contributed by atoms with Crippen LogP contribution in [0.1, 0.15) is 31.5 Å². The van der Waals surface area contributed by atoms with E-state index in [0.717, 1.165) is 30.6 Å². The Hall–Kier alpha value is -0.920. The summed E-state index contributed by atoms with van der Waals surface area (Å²) in [6, 6.07) is 0. The van der Waals surface area contributed by atoms with Crippen LogP contribution in [0.25, 0.3) is 0 Å². The fraction of sp³-hybridized carbons (Fsp3) is 0.750. The molecule has 0 spiro atoms. The second-order valence-electron chi connectivity index (χ2n) is 4.52. The molecule has 1 aromatic rings. The average molecular weight is 288 g/mol. The molecule has 6 nitrogen and oxygen atoms in total. The van der Waals surface area contributed by atoms with Crippen LogP contribution in [0.4, 0.5) is 0 Å². The van der Waals surface area contributed by atoms with Gasteiger partial charge in [0.05, 0.1) is 11.4 Å². The van der Waals surface area contributed by atoms with Gasteiger partial charge in [-0.1, -0.05) is 13.8 Å². The van der Waals surface area contributed by atoms with Gasteiger partial charge in [-0.3, -0.25) is 4.68 Å². The molecule has 110 valence electrons. The van der Waals surface area contributed by atoms with E-state index in [1.807, 2.05) is 20.2 Å². The lowest BCUT2D eigenvalue weighted by molar-refractivity contribution is 0.575. The molecule has 1 aromatic heterocycles. The van der Waals surface area contributed by atoms with E-state index in [1.54, 1.807) is 4.68 Å². The molecule has 0 atom stereocenters. The standard InChI is InChI=1S/C12H24N4O2S/c1-4-6-13-7-8-19(17,18)14-9-11-10-16(3)15-12(11)5-2/h10,13-14H,4-9H2,1-3H3. The first-order valence-corrected chi connectivity index (χ1v) is 8.33. The molecule has 0 unspecified atom stereocenters. The average Bonchev–Trinajstić information content (AvgIpc) is 2.73. The first-order valence-electron chi connectivity index (χ1n) is 6.68. The lowest BCUT2D eigenvalue weighted by atomic mass is 10.2. The van der Waals surface area contributed by atoms with Crippen molar-refractivity contribution in [3.8, 4) is 0 Å². The van der Waals surface area contributed by atoms with Gasteiger partial charge < -0.3 is 5.32 Å². The van der Waals surface area contributed by atoms with Crippen molar-refractivity contribution in [1.29, 1.82) is 0 Å². The molecule has 2 N–H and O–H groups in total. The van der Waals surface area contributed by atoms with Gasteiger partial charge in [-0.25, -0.2) is 13.1 Å². The summed E-state index contributed by atoms with van der Waals surface area (Å²) in [4.78, 5) is 0. The third kappa shape index (κ3) is 5.71. The molecule has 1 rings (SSSR count). The number of sulfonamides is 1. The molecule has 0 saturated heterocycles. The molecule has 0 aliphatic heterocycles. The number of nitrogens with zero attached hydrogens (tertiary/aromatic N) is 2. The largest absolute Gasteiger partial charge is 0.316 e. The van der Waals surface area contributed by atoms with Crippen LogP contribution in [0.2, 0.25) is 0 Å². The summed E-state index contributed by atoms with van der Waals surface area (Å²) in [7, 11) is -1.39. The van der Waals surface area contributed by atoms with Crippen LogP contribution < -0.4 is 10.0 Å². The zero-order chi connectivity index (χ0) is 14.3. The van der Waals surface area contributed by atoms with Gasteiger partial charge in [0, 0.05) is 31.9 Å². The van der Waals surface area contributed by atoms with Crippen molar-refractivity contribution in [2.24, 2.45) is 7.05 Å². The van der Waals surface area contributed by atoms with Crippen molar-refractivity contribution < 1.29 is 8.42 Å². The Kier molecular flexibility index (Phi) is 6.47. The van der Waals surface area contributed by atoms with Crippen LogP contribution in [-0.4, -0.2) is 37.0 Å². The molecule has 0 saturated carbocycles. The molecule has 0 fully saturated rings. The van der Waals surface area contributed by atoms with Crippen LogP contribution in [-0.2, 0) is 30.0 Å². The maximum atomic E-state index is 11.8. The molecule has 7 heteroatoms. The van der Waals surface area contributed by atoms with E-state index in [2.05, 4.69) is 22.1 Å². The van der Waals surface area contributed by atoms with E-state index in [4.69, 9.17) is 0 Å². The minimum atomic E-state index is -3.23. The van der Waals surface area contributed by atoms with Gasteiger partial charge in [-0.15, -0.1) is 0 Å². The SMILES string of the molecule is CCCNCCS(=O)(=O)NCc1cn(C)nc1CC. The smallest absolute Gasteiger partial charge is 0.213 e. The van der Waals surface area contributed by atoms with Crippen LogP contribution in [0, 0.1) is 0 Å². The van der Waals surface area contributed by atoms with Gasteiger partial charge in [0.25, 0.3) is 0 Å². The van der Waals surface area contributed by atoms with Gasteiger partial charge in [0.15, 0.2) is 0 Å². The topological polar surface area (TPSA) is 76.0 Å². The number of hydrogen-bond donors (Lipinski definition) is 2. The van der Waals surface area contributed by atoms with Gasteiger partial charge >= 0.3 is 0 Å². The first kappa shape index (κ1) is 16.1. The fourth-order valence-corrected chi connectivity index (χ4v) is 2.73. The third-order valence-electron chi connectivity index (χ3n) is 2.78.